The predicted octanol–water partition coefficient (Wildman–Crippen LogP) is 1.41. The molecule has 1 saturated heterocycles. The van der Waals surface area contributed by atoms with Gasteiger partial charge in [0.2, 0.25) is 0 Å². The molecule has 0 atom stereocenters. The van der Waals surface area contributed by atoms with Gasteiger partial charge in [0.1, 0.15) is 0 Å². The lowest BCUT2D eigenvalue weighted by Crippen LogP contribution is -2.42. The van der Waals surface area contributed by atoms with Gasteiger partial charge in [-0.05, 0) is 32.7 Å². The minimum absolute atomic E-state index is 0.402. The standard InChI is InChI=1S/C10H19NO/c1-3-4-5-10(12)6-8-11(2)9-7-10/h3,12H,1,4-9H2,2H3. The molecule has 0 aromatic carbocycles. The first kappa shape index (κ1) is 9.75. The van der Waals surface area contributed by atoms with Gasteiger partial charge in [0.15, 0.2) is 0 Å². The van der Waals surface area contributed by atoms with E-state index in [9.17, 15) is 5.11 Å². The van der Waals surface area contributed by atoms with Crippen molar-refractivity contribution in [2.75, 3.05) is 20.1 Å². The lowest BCUT2D eigenvalue weighted by atomic mass is 9.87. The van der Waals surface area contributed by atoms with E-state index in [4.69, 9.17) is 0 Å². The second-order valence-corrected chi connectivity index (χ2v) is 3.85. The Balaban J connectivity index is 2.33. The Morgan fingerprint density at radius 2 is 2.08 bits per heavy atom. The monoisotopic (exact) mass is 169 g/mol. The van der Waals surface area contributed by atoms with Gasteiger partial charge in [-0.1, -0.05) is 6.08 Å². The second kappa shape index (κ2) is 4.06. The molecule has 1 heterocycles. The SMILES string of the molecule is C=CCCC1(O)CCN(C)CC1. The van der Waals surface area contributed by atoms with Crippen molar-refractivity contribution in [3.8, 4) is 0 Å². The molecule has 1 N–H and O–H groups in total. The number of hydrogen-bond acceptors (Lipinski definition) is 2. The van der Waals surface area contributed by atoms with Crippen LogP contribution < -0.4 is 0 Å². The molecule has 2 nitrogen and oxygen atoms in total. The third kappa shape index (κ3) is 2.61. The molecule has 70 valence electrons. The number of piperidine rings is 1. The van der Waals surface area contributed by atoms with Gasteiger partial charge in [-0.25, -0.2) is 0 Å². The zero-order valence-electron chi connectivity index (χ0n) is 7.92. The molecular weight excluding hydrogens is 150 g/mol. The highest BCUT2D eigenvalue weighted by molar-refractivity contribution is 4.86. The number of hydrogen-bond donors (Lipinski definition) is 1. The van der Waals surface area contributed by atoms with Crippen LogP contribution in [0.1, 0.15) is 25.7 Å². The van der Waals surface area contributed by atoms with E-state index in [1.165, 1.54) is 0 Å². The molecule has 0 radical (unpaired) electrons. The van der Waals surface area contributed by atoms with Crippen LogP contribution in [0.15, 0.2) is 12.7 Å². The molecule has 0 aliphatic carbocycles. The molecule has 0 aromatic heterocycles. The van der Waals surface area contributed by atoms with Gasteiger partial charge in [0.05, 0.1) is 5.60 Å². The molecule has 1 fully saturated rings. The number of rotatable bonds is 3. The maximum Gasteiger partial charge on any atom is 0.0675 e. The van der Waals surface area contributed by atoms with Gasteiger partial charge in [0, 0.05) is 13.1 Å². The third-order valence-corrected chi connectivity index (χ3v) is 2.73. The molecule has 12 heavy (non-hydrogen) atoms. The van der Waals surface area contributed by atoms with Gasteiger partial charge < -0.3 is 10.0 Å². The molecular formula is C10H19NO. The molecule has 1 rings (SSSR count). The van der Waals surface area contributed by atoms with E-state index in [1.54, 1.807) is 0 Å². The van der Waals surface area contributed by atoms with E-state index in [-0.39, 0.29) is 0 Å². The average Bonchev–Trinajstić information content (AvgIpc) is 2.08. The van der Waals surface area contributed by atoms with Gasteiger partial charge in [-0.2, -0.15) is 0 Å². The van der Waals surface area contributed by atoms with Crippen molar-refractivity contribution in [3.05, 3.63) is 12.7 Å². The molecule has 0 bridgehead atoms. The Morgan fingerprint density at radius 1 is 1.50 bits per heavy atom. The van der Waals surface area contributed by atoms with E-state index < -0.39 is 5.60 Å². The number of allylic oxidation sites excluding steroid dienone is 1. The maximum atomic E-state index is 10.0. The lowest BCUT2D eigenvalue weighted by Gasteiger charge is -2.36. The van der Waals surface area contributed by atoms with Gasteiger partial charge in [0.25, 0.3) is 0 Å². The minimum atomic E-state index is -0.402. The van der Waals surface area contributed by atoms with Crippen molar-refractivity contribution in [1.82, 2.24) is 4.90 Å². The summed E-state index contributed by atoms with van der Waals surface area (Å²) in [6.07, 6.45) is 5.52. The van der Waals surface area contributed by atoms with E-state index in [0.29, 0.717) is 0 Å². The fourth-order valence-electron chi connectivity index (χ4n) is 1.66. The highest BCUT2D eigenvalue weighted by Crippen LogP contribution is 2.26. The van der Waals surface area contributed by atoms with Crippen LogP contribution in [0.3, 0.4) is 0 Å². The summed E-state index contributed by atoms with van der Waals surface area (Å²) in [4.78, 5) is 2.27. The Hall–Kier alpha value is -0.340. The van der Waals surface area contributed by atoms with Crippen molar-refractivity contribution in [1.29, 1.82) is 0 Å². The molecule has 1 aliphatic rings. The van der Waals surface area contributed by atoms with E-state index in [1.807, 2.05) is 6.08 Å². The topological polar surface area (TPSA) is 23.5 Å². The van der Waals surface area contributed by atoms with Crippen LogP contribution in [0.5, 0.6) is 0 Å². The first-order valence-electron chi connectivity index (χ1n) is 4.68. The minimum Gasteiger partial charge on any atom is -0.390 e. The largest absolute Gasteiger partial charge is 0.390 e. The summed E-state index contributed by atoms with van der Waals surface area (Å²) in [5, 5.41) is 10.0. The summed E-state index contributed by atoms with van der Waals surface area (Å²) in [5.41, 5.74) is -0.402. The highest BCUT2D eigenvalue weighted by Gasteiger charge is 2.29. The van der Waals surface area contributed by atoms with Gasteiger partial charge in [-0.3, -0.25) is 0 Å². The molecule has 0 amide bonds. The Kier molecular flexibility index (Phi) is 3.29. The van der Waals surface area contributed by atoms with Crippen LogP contribution in [0.25, 0.3) is 0 Å². The smallest absolute Gasteiger partial charge is 0.0675 e. The van der Waals surface area contributed by atoms with E-state index >= 15 is 0 Å². The van der Waals surface area contributed by atoms with Crippen LogP contribution in [0, 0.1) is 0 Å². The van der Waals surface area contributed by atoms with Crippen molar-refractivity contribution in [3.63, 3.8) is 0 Å². The fraction of sp³-hybridized carbons (Fsp3) is 0.800. The summed E-state index contributed by atoms with van der Waals surface area (Å²) in [6.45, 7) is 5.71. The molecule has 0 aromatic rings. The molecule has 0 unspecified atom stereocenters. The van der Waals surface area contributed by atoms with Crippen LogP contribution in [0.4, 0.5) is 0 Å². The van der Waals surface area contributed by atoms with Crippen molar-refractivity contribution < 1.29 is 5.11 Å². The molecule has 2 heteroatoms. The van der Waals surface area contributed by atoms with Crippen molar-refractivity contribution in [2.24, 2.45) is 0 Å². The summed E-state index contributed by atoms with van der Waals surface area (Å²) in [6, 6.07) is 0. The average molecular weight is 169 g/mol. The summed E-state index contributed by atoms with van der Waals surface area (Å²) < 4.78 is 0. The third-order valence-electron chi connectivity index (χ3n) is 2.73. The van der Waals surface area contributed by atoms with Crippen LogP contribution >= 0.6 is 0 Å². The zero-order valence-corrected chi connectivity index (χ0v) is 7.92. The second-order valence-electron chi connectivity index (χ2n) is 3.85. The number of nitrogens with zero attached hydrogens (tertiary/aromatic N) is 1. The van der Waals surface area contributed by atoms with Crippen LogP contribution in [-0.2, 0) is 0 Å². The Morgan fingerprint density at radius 3 is 2.58 bits per heavy atom. The van der Waals surface area contributed by atoms with Crippen LogP contribution in [0.2, 0.25) is 0 Å². The first-order valence-corrected chi connectivity index (χ1v) is 4.68. The van der Waals surface area contributed by atoms with Gasteiger partial charge >= 0.3 is 0 Å². The zero-order chi connectivity index (χ0) is 9.03. The predicted molar refractivity (Wildman–Crippen MR) is 51.1 cm³/mol. The fourth-order valence-corrected chi connectivity index (χ4v) is 1.66. The Labute approximate surface area is 74.9 Å². The van der Waals surface area contributed by atoms with Crippen molar-refractivity contribution in [2.45, 2.75) is 31.3 Å². The molecule has 0 spiro atoms. The van der Waals surface area contributed by atoms with E-state index in [0.717, 1.165) is 38.8 Å². The Bertz CT molecular complexity index is 148. The summed E-state index contributed by atoms with van der Waals surface area (Å²) in [7, 11) is 2.10. The van der Waals surface area contributed by atoms with Crippen molar-refractivity contribution >= 4 is 0 Å². The highest BCUT2D eigenvalue weighted by atomic mass is 16.3. The maximum absolute atomic E-state index is 10.0. The normalized spacial score (nSPS) is 23.8. The van der Waals surface area contributed by atoms with Gasteiger partial charge in [-0.15, -0.1) is 6.58 Å². The summed E-state index contributed by atoms with van der Waals surface area (Å²) >= 11 is 0. The first-order chi connectivity index (χ1) is 5.66. The molecule has 1 aliphatic heterocycles. The number of likely N-dealkylation sites (tertiary alicyclic amines) is 1. The quantitative estimate of drug-likeness (QED) is 0.646. The summed E-state index contributed by atoms with van der Waals surface area (Å²) in [5.74, 6) is 0. The van der Waals surface area contributed by atoms with Crippen LogP contribution in [-0.4, -0.2) is 35.7 Å². The lowest BCUT2D eigenvalue weighted by molar-refractivity contribution is -0.0214. The molecule has 0 saturated carbocycles. The number of aliphatic hydroxyl groups is 1. The van der Waals surface area contributed by atoms with E-state index in [2.05, 4.69) is 18.5 Å².